The molecule has 0 aromatic rings. The number of hydrogen-bond donors (Lipinski definition) is 1. The van der Waals surface area contributed by atoms with E-state index >= 15 is 0 Å². The molecule has 0 aromatic carbocycles. The molecule has 2 rings (SSSR count). The predicted octanol–water partition coefficient (Wildman–Crippen LogP) is 1.62. The van der Waals surface area contributed by atoms with Crippen LogP contribution in [0.15, 0.2) is 0 Å². The van der Waals surface area contributed by atoms with Crippen LogP contribution >= 0.6 is 0 Å². The Morgan fingerprint density at radius 1 is 1.20 bits per heavy atom. The summed E-state index contributed by atoms with van der Waals surface area (Å²) in [7, 11) is 0. The van der Waals surface area contributed by atoms with Gasteiger partial charge in [-0.1, -0.05) is 0 Å². The Hall–Kier alpha value is -0.290. The Balaban J connectivity index is 1.64. The van der Waals surface area contributed by atoms with Crippen LogP contribution in [-0.2, 0) is 0 Å². The minimum atomic E-state index is -4.04. The molecule has 2 nitrogen and oxygen atoms in total. The molecule has 0 aromatic heterocycles. The van der Waals surface area contributed by atoms with Crippen LogP contribution in [0.3, 0.4) is 0 Å². The summed E-state index contributed by atoms with van der Waals surface area (Å²) >= 11 is 0. The minimum absolute atomic E-state index is 0.410. The maximum atomic E-state index is 12.1. The van der Waals surface area contributed by atoms with E-state index in [1.54, 1.807) is 0 Å². The molecule has 88 valence electrons. The highest BCUT2D eigenvalue weighted by Gasteiger charge is 2.34. The highest BCUT2D eigenvalue weighted by Crippen LogP contribution is 2.24. The molecule has 1 aliphatic carbocycles. The van der Waals surface area contributed by atoms with Gasteiger partial charge in [-0.15, -0.1) is 0 Å². The van der Waals surface area contributed by atoms with Crippen LogP contribution in [-0.4, -0.2) is 43.3 Å². The number of hydrogen-bond acceptors (Lipinski definition) is 2. The first kappa shape index (κ1) is 11.2. The summed E-state index contributed by atoms with van der Waals surface area (Å²) in [5, 5.41) is 3.37. The smallest absolute Gasteiger partial charge is 0.314 e. The van der Waals surface area contributed by atoms with Crippen LogP contribution in [0.4, 0.5) is 13.2 Å². The quantitative estimate of drug-likeness (QED) is 0.777. The maximum absolute atomic E-state index is 12.1. The Morgan fingerprint density at radius 3 is 2.53 bits per heavy atom. The van der Waals surface area contributed by atoms with E-state index in [4.69, 9.17) is 0 Å². The Morgan fingerprint density at radius 2 is 1.93 bits per heavy atom. The molecule has 0 spiro atoms. The van der Waals surface area contributed by atoms with E-state index in [9.17, 15) is 13.2 Å². The zero-order valence-electron chi connectivity index (χ0n) is 8.69. The Kier molecular flexibility index (Phi) is 3.21. The van der Waals surface area contributed by atoms with Crippen LogP contribution in [0.5, 0.6) is 0 Å². The first-order valence-corrected chi connectivity index (χ1v) is 5.55. The third-order valence-corrected chi connectivity index (χ3v) is 3.05. The van der Waals surface area contributed by atoms with Crippen molar-refractivity contribution in [2.24, 2.45) is 5.92 Å². The lowest BCUT2D eigenvalue weighted by molar-refractivity contribution is -0.143. The van der Waals surface area contributed by atoms with E-state index < -0.39 is 12.7 Å². The van der Waals surface area contributed by atoms with E-state index in [0.29, 0.717) is 25.0 Å². The van der Waals surface area contributed by atoms with Gasteiger partial charge in [0.05, 0.1) is 6.54 Å². The van der Waals surface area contributed by atoms with E-state index in [0.717, 1.165) is 13.0 Å². The second-order valence-corrected chi connectivity index (χ2v) is 4.69. The van der Waals surface area contributed by atoms with Gasteiger partial charge in [-0.2, -0.15) is 13.2 Å². The van der Waals surface area contributed by atoms with E-state index in [1.165, 1.54) is 17.7 Å². The number of rotatable bonds is 4. The number of halogens is 3. The molecule has 15 heavy (non-hydrogen) atoms. The zero-order chi connectivity index (χ0) is 10.9. The van der Waals surface area contributed by atoms with Gasteiger partial charge in [-0.25, -0.2) is 0 Å². The highest BCUT2D eigenvalue weighted by atomic mass is 19.4. The van der Waals surface area contributed by atoms with E-state index in [-0.39, 0.29) is 0 Å². The van der Waals surface area contributed by atoms with Crippen LogP contribution in [0, 0.1) is 5.92 Å². The predicted molar refractivity (Wildman–Crippen MR) is 51.6 cm³/mol. The lowest BCUT2D eigenvalue weighted by Crippen LogP contribution is -2.33. The average Bonchev–Trinajstić information content (AvgIpc) is 2.83. The van der Waals surface area contributed by atoms with Gasteiger partial charge in [0.1, 0.15) is 0 Å². The number of nitrogens with one attached hydrogen (secondary N) is 1. The first-order chi connectivity index (χ1) is 7.03. The largest absolute Gasteiger partial charge is 0.401 e. The maximum Gasteiger partial charge on any atom is 0.401 e. The van der Waals surface area contributed by atoms with Crippen molar-refractivity contribution in [2.75, 3.05) is 26.2 Å². The monoisotopic (exact) mass is 222 g/mol. The van der Waals surface area contributed by atoms with Crippen LogP contribution in [0.25, 0.3) is 0 Å². The number of nitrogens with zero attached hydrogens (tertiary/aromatic N) is 1. The molecule has 1 atom stereocenters. The molecule has 1 N–H and O–H groups in total. The molecule has 5 heteroatoms. The molecule has 0 radical (unpaired) electrons. The van der Waals surface area contributed by atoms with Crippen LogP contribution in [0.1, 0.15) is 19.3 Å². The molecule has 2 fully saturated rings. The van der Waals surface area contributed by atoms with Crippen molar-refractivity contribution < 1.29 is 13.2 Å². The number of likely N-dealkylation sites (tertiary alicyclic amines) is 1. The highest BCUT2D eigenvalue weighted by molar-refractivity contribution is 4.84. The SMILES string of the molecule is FC(F)(F)CN1CCC(CNC2CC2)C1. The van der Waals surface area contributed by atoms with Gasteiger partial charge in [0, 0.05) is 12.6 Å². The summed E-state index contributed by atoms with van der Waals surface area (Å²) < 4.78 is 36.3. The lowest BCUT2D eigenvalue weighted by Gasteiger charge is -2.17. The van der Waals surface area contributed by atoms with Crippen LogP contribution < -0.4 is 5.32 Å². The summed E-state index contributed by atoms with van der Waals surface area (Å²) in [5.41, 5.74) is 0. The normalized spacial score (nSPS) is 28.6. The molecule has 1 saturated heterocycles. The summed E-state index contributed by atoms with van der Waals surface area (Å²) in [5.74, 6) is 0.410. The zero-order valence-corrected chi connectivity index (χ0v) is 8.69. The first-order valence-electron chi connectivity index (χ1n) is 5.55. The molecule has 1 saturated carbocycles. The van der Waals surface area contributed by atoms with Gasteiger partial charge in [-0.3, -0.25) is 4.90 Å². The third-order valence-electron chi connectivity index (χ3n) is 3.05. The van der Waals surface area contributed by atoms with Crippen molar-refractivity contribution >= 4 is 0 Å². The molecular formula is C10H17F3N2. The standard InChI is InChI=1S/C10H17F3N2/c11-10(12,13)7-15-4-3-8(6-15)5-14-9-1-2-9/h8-9,14H,1-7H2. The van der Waals surface area contributed by atoms with Gasteiger partial charge in [0.15, 0.2) is 0 Å². The molecular weight excluding hydrogens is 205 g/mol. The average molecular weight is 222 g/mol. The van der Waals surface area contributed by atoms with Crippen molar-refractivity contribution in [2.45, 2.75) is 31.5 Å². The van der Waals surface area contributed by atoms with Gasteiger partial charge < -0.3 is 5.32 Å². The fraction of sp³-hybridized carbons (Fsp3) is 1.00. The Labute approximate surface area is 87.8 Å². The summed E-state index contributed by atoms with van der Waals surface area (Å²) in [6.45, 7) is 1.34. The van der Waals surface area contributed by atoms with Crippen molar-refractivity contribution in [3.63, 3.8) is 0 Å². The molecule has 2 aliphatic rings. The molecule has 0 bridgehead atoms. The summed E-state index contributed by atoms with van der Waals surface area (Å²) in [6.07, 6.45) is -0.674. The van der Waals surface area contributed by atoms with Crippen molar-refractivity contribution in [3.8, 4) is 0 Å². The third kappa shape index (κ3) is 3.99. The van der Waals surface area contributed by atoms with Crippen LogP contribution in [0.2, 0.25) is 0 Å². The fourth-order valence-corrected chi connectivity index (χ4v) is 2.10. The van der Waals surface area contributed by atoms with Crippen molar-refractivity contribution in [1.29, 1.82) is 0 Å². The van der Waals surface area contributed by atoms with Crippen molar-refractivity contribution in [3.05, 3.63) is 0 Å². The minimum Gasteiger partial charge on any atom is -0.314 e. The topological polar surface area (TPSA) is 15.3 Å². The second kappa shape index (κ2) is 4.29. The lowest BCUT2D eigenvalue weighted by atomic mass is 10.1. The van der Waals surface area contributed by atoms with E-state index in [1.807, 2.05) is 0 Å². The van der Waals surface area contributed by atoms with Crippen molar-refractivity contribution in [1.82, 2.24) is 10.2 Å². The number of alkyl halides is 3. The summed E-state index contributed by atoms with van der Waals surface area (Å²) in [4.78, 5) is 1.51. The molecule has 1 heterocycles. The summed E-state index contributed by atoms with van der Waals surface area (Å²) in [6, 6.07) is 0.654. The van der Waals surface area contributed by atoms with Gasteiger partial charge in [0.2, 0.25) is 0 Å². The van der Waals surface area contributed by atoms with E-state index in [2.05, 4.69) is 5.32 Å². The molecule has 1 aliphatic heterocycles. The molecule has 1 unspecified atom stereocenters. The fourth-order valence-electron chi connectivity index (χ4n) is 2.10. The van der Waals surface area contributed by atoms with Gasteiger partial charge >= 0.3 is 6.18 Å². The second-order valence-electron chi connectivity index (χ2n) is 4.69. The molecule has 0 amide bonds. The van der Waals surface area contributed by atoms with Gasteiger partial charge in [0.25, 0.3) is 0 Å². The Bertz CT molecular complexity index is 213. The van der Waals surface area contributed by atoms with Gasteiger partial charge in [-0.05, 0) is 38.3 Å².